The molecule has 1 aliphatic carbocycles. The van der Waals surface area contributed by atoms with Gasteiger partial charge in [0, 0.05) is 18.7 Å². The summed E-state index contributed by atoms with van der Waals surface area (Å²) in [5.41, 5.74) is 1.06. The van der Waals surface area contributed by atoms with Gasteiger partial charge in [0.25, 0.3) is 0 Å². The summed E-state index contributed by atoms with van der Waals surface area (Å²) in [6.07, 6.45) is 3.96. The second kappa shape index (κ2) is 6.19. The smallest absolute Gasteiger partial charge is 0.213 e. The van der Waals surface area contributed by atoms with Gasteiger partial charge in [0.15, 0.2) is 0 Å². The summed E-state index contributed by atoms with van der Waals surface area (Å²) in [5.74, 6) is 2.36. The van der Waals surface area contributed by atoms with Crippen molar-refractivity contribution in [1.82, 2.24) is 10.3 Å². The van der Waals surface area contributed by atoms with Gasteiger partial charge in [-0.05, 0) is 30.7 Å². The maximum atomic E-state index is 5.14. The standard InChI is InChI=1S/C15H24N2O/c1-4-12-8-9-14(11(12)2)16-10-13-6-5-7-15(17-13)18-3/h5-7,11-12,14,16H,4,8-10H2,1-3H3. The molecule has 3 atom stereocenters. The van der Waals surface area contributed by atoms with Gasteiger partial charge in [-0.1, -0.05) is 26.3 Å². The number of ether oxygens (including phenoxy) is 1. The fraction of sp³-hybridized carbons (Fsp3) is 0.667. The van der Waals surface area contributed by atoms with Crippen molar-refractivity contribution >= 4 is 0 Å². The van der Waals surface area contributed by atoms with Crippen LogP contribution in [-0.4, -0.2) is 18.1 Å². The Labute approximate surface area is 110 Å². The van der Waals surface area contributed by atoms with Crippen molar-refractivity contribution in [3.05, 3.63) is 23.9 Å². The first kappa shape index (κ1) is 13.3. The predicted molar refractivity (Wildman–Crippen MR) is 73.6 cm³/mol. The lowest BCUT2D eigenvalue weighted by Crippen LogP contribution is -2.32. The number of nitrogens with zero attached hydrogens (tertiary/aromatic N) is 1. The van der Waals surface area contributed by atoms with E-state index in [4.69, 9.17) is 4.74 Å². The molecule has 1 aromatic heterocycles. The molecule has 0 saturated heterocycles. The molecule has 0 spiro atoms. The van der Waals surface area contributed by atoms with Crippen molar-refractivity contribution in [2.45, 2.75) is 45.7 Å². The summed E-state index contributed by atoms with van der Waals surface area (Å²) in [4.78, 5) is 4.43. The van der Waals surface area contributed by atoms with Crippen LogP contribution in [0.2, 0.25) is 0 Å². The van der Waals surface area contributed by atoms with Crippen LogP contribution in [0, 0.1) is 11.8 Å². The van der Waals surface area contributed by atoms with E-state index in [9.17, 15) is 0 Å². The minimum atomic E-state index is 0.642. The van der Waals surface area contributed by atoms with Crippen LogP contribution >= 0.6 is 0 Å². The van der Waals surface area contributed by atoms with E-state index in [1.807, 2.05) is 18.2 Å². The highest BCUT2D eigenvalue weighted by Crippen LogP contribution is 2.33. The zero-order valence-electron chi connectivity index (χ0n) is 11.6. The molecule has 0 radical (unpaired) electrons. The summed E-state index contributed by atoms with van der Waals surface area (Å²) in [6.45, 7) is 5.51. The number of pyridine rings is 1. The van der Waals surface area contributed by atoms with E-state index in [1.54, 1.807) is 7.11 Å². The Balaban J connectivity index is 1.88. The van der Waals surface area contributed by atoms with Gasteiger partial charge in [-0.3, -0.25) is 0 Å². The molecule has 0 bridgehead atoms. The van der Waals surface area contributed by atoms with E-state index in [2.05, 4.69) is 24.1 Å². The quantitative estimate of drug-likeness (QED) is 0.869. The number of nitrogens with one attached hydrogen (secondary N) is 1. The zero-order chi connectivity index (χ0) is 13.0. The lowest BCUT2D eigenvalue weighted by molar-refractivity contribution is 0.342. The molecule has 1 fully saturated rings. The molecule has 0 amide bonds. The van der Waals surface area contributed by atoms with Gasteiger partial charge in [-0.25, -0.2) is 4.98 Å². The number of hydrogen-bond acceptors (Lipinski definition) is 3. The Morgan fingerprint density at radius 1 is 1.39 bits per heavy atom. The molecule has 1 saturated carbocycles. The van der Waals surface area contributed by atoms with Crippen LogP contribution in [0.3, 0.4) is 0 Å². The van der Waals surface area contributed by atoms with E-state index < -0.39 is 0 Å². The molecule has 1 N–H and O–H groups in total. The van der Waals surface area contributed by atoms with Crippen molar-refractivity contribution in [2.75, 3.05) is 7.11 Å². The van der Waals surface area contributed by atoms with Gasteiger partial charge < -0.3 is 10.1 Å². The van der Waals surface area contributed by atoms with Gasteiger partial charge >= 0.3 is 0 Å². The molecular formula is C15H24N2O. The number of hydrogen-bond donors (Lipinski definition) is 1. The van der Waals surface area contributed by atoms with Crippen LogP contribution in [0.5, 0.6) is 5.88 Å². The Kier molecular flexibility index (Phi) is 4.59. The van der Waals surface area contributed by atoms with Crippen molar-refractivity contribution in [1.29, 1.82) is 0 Å². The normalized spacial score (nSPS) is 27.4. The van der Waals surface area contributed by atoms with Gasteiger partial charge in [0.05, 0.1) is 12.8 Å². The average molecular weight is 248 g/mol. The summed E-state index contributed by atoms with van der Waals surface area (Å²) in [7, 11) is 1.66. The number of rotatable bonds is 5. The topological polar surface area (TPSA) is 34.1 Å². The Bertz CT molecular complexity index is 381. The minimum Gasteiger partial charge on any atom is -0.481 e. The molecule has 3 unspecified atom stereocenters. The molecule has 1 aromatic rings. The van der Waals surface area contributed by atoms with Crippen molar-refractivity contribution in [2.24, 2.45) is 11.8 Å². The molecule has 0 aliphatic heterocycles. The van der Waals surface area contributed by atoms with Crippen LogP contribution in [-0.2, 0) is 6.54 Å². The summed E-state index contributed by atoms with van der Waals surface area (Å²) < 4.78 is 5.14. The van der Waals surface area contributed by atoms with Crippen molar-refractivity contribution in [3.63, 3.8) is 0 Å². The first-order valence-corrected chi connectivity index (χ1v) is 6.98. The fourth-order valence-electron chi connectivity index (χ4n) is 3.02. The molecule has 3 heteroatoms. The average Bonchev–Trinajstić information content (AvgIpc) is 2.77. The van der Waals surface area contributed by atoms with Crippen LogP contribution in [0.15, 0.2) is 18.2 Å². The summed E-state index contributed by atoms with van der Waals surface area (Å²) >= 11 is 0. The molecule has 100 valence electrons. The summed E-state index contributed by atoms with van der Waals surface area (Å²) in [5, 5.41) is 3.65. The second-order valence-corrected chi connectivity index (χ2v) is 5.26. The van der Waals surface area contributed by atoms with Crippen LogP contribution < -0.4 is 10.1 Å². The Hall–Kier alpha value is -1.09. The molecule has 1 heterocycles. The maximum absolute atomic E-state index is 5.14. The molecule has 2 rings (SSSR count). The third kappa shape index (κ3) is 3.02. The monoisotopic (exact) mass is 248 g/mol. The molecule has 0 aromatic carbocycles. The molecule has 18 heavy (non-hydrogen) atoms. The lowest BCUT2D eigenvalue weighted by Gasteiger charge is -2.20. The maximum Gasteiger partial charge on any atom is 0.213 e. The molecule has 1 aliphatic rings. The Morgan fingerprint density at radius 2 is 2.22 bits per heavy atom. The highest BCUT2D eigenvalue weighted by atomic mass is 16.5. The highest BCUT2D eigenvalue weighted by Gasteiger charge is 2.30. The van der Waals surface area contributed by atoms with Gasteiger partial charge in [0.1, 0.15) is 0 Å². The van der Waals surface area contributed by atoms with E-state index in [0.29, 0.717) is 11.9 Å². The SMILES string of the molecule is CCC1CCC(NCc2cccc(OC)n2)C1C. The van der Waals surface area contributed by atoms with Crippen LogP contribution in [0.4, 0.5) is 0 Å². The second-order valence-electron chi connectivity index (χ2n) is 5.26. The third-order valence-corrected chi connectivity index (χ3v) is 4.29. The summed E-state index contributed by atoms with van der Waals surface area (Å²) in [6, 6.07) is 6.57. The van der Waals surface area contributed by atoms with E-state index in [1.165, 1.54) is 19.3 Å². The van der Waals surface area contributed by atoms with Crippen molar-refractivity contribution < 1.29 is 4.74 Å². The molecule has 3 nitrogen and oxygen atoms in total. The first-order valence-electron chi connectivity index (χ1n) is 6.98. The zero-order valence-corrected chi connectivity index (χ0v) is 11.6. The first-order chi connectivity index (χ1) is 8.74. The van der Waals surface area contributed by atoms with Gasteiger partial charge in [0.2, 0.25) is 5.88 Å². The van der Waals surface area contributed by atoms with Crippen LogP contribution in [0.1, 0.15) is 38.8 Å². The Morgan fingerprint density at radius 3 is 2.89 bits per heavy atom. The highest BCUT2D eigenvalue weighted by molar-refractivity contribution is 5.15. The van der Waals surface area contributed by atoms with E-state index in [-0.39, 0.29) is 0 Å². The van der Waals surface area contributed by atoms with Gasteiger partial charge in [-0.2, -0.15) is 0 Å². The molecular weight excluding hydrogens is 224 g/mol. The fourth-order valence-corrected chi connectivity index (χ4v) is 3.02. The predicted octanol–water partition coefficient (Wildman–Crippen LogP) is 3.00. The number of methoxy groups -OCH3 is 1. The third-order valence-electron chi connectivity index (χ3n) is 4.29. The van der Waals surface area contributed by atoms with E-state index >= 15 is 0 Å². The van der Waals surface area contributed by atoms with E-state index in [0.717, 1.165) is 24.1 Å². The van der Waals surface area contributed by atoms with Crippen LogP contribution in [0.25, 0.3) is 0 Å². The minimum absolute atomic E-state index is 0.642. The largest absolute Gasteiger partial charge is 0.481 e. The lowest BCUT2D eigenvalue weighted by atomic mass is 9.93. The number of aromatic nitrogens is 1. The van der Waals surface area contributed by atoms with Gasteiger partial charge in [-0.15, -0.1) is 0 Å². The van der Waals surface area contributed by atoms with Crippen molar-refractivity contribution in [3.8, 4) is 5.88 Å².